The van der Waals surface area contributed by atoms with Crippen molar-refractivity contribution in [3.63, 3.8) is 0 Å². The molecule has 1 aliphatic rings. The Labute approximate surface area is 124 Å². The van der Waals surface area contributed by atoms with Crippen LogP contribution in [0.5, 0.6) is 0 Å². The quantitative estimate of drug-likeness (QED) is 0.616. The fourth-order valence-electron chi connectivity index (χ4n) is 2.37. The van der Waals surface area contributed by atoms with E-state index in [0.717, 1.165) is 18.0 Å². The smallest absolute Gasteiger partial charge is 0.325 e. The minimum Gasteiger partial charge on any atom is -0.468 e. The Bertz CT molecular complexity index is 473. The molecule has 1 saturated carbocycles. The first-order valence-electron chi connectivity index (χ1n) is 6.94. The molecule has 2 unspecified atom stereocenters. The van der Waals surface area contributed by atoms with E-state index in [9.17, 15) is 4.79 Å². The van der Waals surface area contributed by atoms with Gasteiger partial charge in [-0.2, -0.15) is 0 Å². The Balaban J connectivity index is 1.99. The molecule has 0 radical (unpaired) electrons. The Morgan fingerprint density at radius 2 is 2.40 bits per heavy atom. The molecule has 112 valence electrons. The highest BCUT2D eigenvalue weighted by Crippen LogP contribution is 2.31. The third-order valence-corrected chi connectivity index (χ3v) is 4.69. The first-order chi connectivity index (χ1) is 9.44. The second-order valence-electron chi connectivity index (χ2n) is 5.70. The third-order valence-electron chi connectivity index (χ3n) is 3.52. The molecule has 0 saturated heterocycles. The lowest BCUT2D eigenvalue weighted by molar-refractivity contribution is -0.148. The van der Waals surface area contributed by atoms with Crippen molar-refractivity contribution in [3.8, 4) is 0 Å². The zero-order valence-corrected chi connectivity index (χ0v) is 13.4. The highest BCUT2D eigenvalue weighted by atomic mass is 32.2. The van der Waals surface area contributed by atoms with Gasteiger partial charge in [-0.3, -0.25) is 10.1 Å². The predicted molar refractivity (Wildman–Crippen MR) is 79.7 cm³/mol. The largest absolute Gasteiger partial charge is 0.468 e. The number of ether oxygens (including phenoxy) is 1. The van der Waals surface area contributed by atoms with Gasteiger partial charge in [0.2, 0.25) is 0 Å². The molecule has 1 fully saturated rings. The number of hydrogen-bond donors (Lipinski definition) is 1. The van der Waals surface area contributed by atoms with E-state index in [1.165, 1.54) is 7.11 Å². The number of rotatable bonds is 7. The molecule has 2 rings (SSSR count). The summed E-state index contributed by atoms with van der Waals surface area (Å²) in [5, 5.41) is 4.67. The summed E-state index contributed by atoms with van der Waals surface area (Å²) in [6.45, 7) is 4.06. The van der Waals surface area contributed by atoms with Gasteiger partial charge in [0.15, 0.2) is 5.16 Å². The van der Waals surface area contributed by atoms with Crippen molar-refractivity contribution >= 4 is 17.7 Å². The molecule has 0 aliphatic heterocycles. The number of nitrogens with zero attached hydrogens (tertiary/aromatic N) is 2. The minimum atomic E-state index is -0.618. The maximum atomic E-state index is 12.1. The van der Waals surface area contributed by atoms with Crippen LogP contribution in [-0.4, -0.2) is 39.5 Å². The van der Waals surface area contributed by atoms with Crippen LogP contribution < -0.4 is 5.32 Å². The molecule has 1 aromatic rings. The normalized spacial score (nSPS) is 19.4. The number of esters is 1. The topological polar surface area (TPSA) is 56.1 Å². The van der Waals surface area contributed by atoms with Crippen LogP contribution in [0, 0.1) is 0 Å². The van der Waals surface area contributed by atoms with Gasteiger partial charge in [0.25, 0.3) is 0 Å². The second-order valence-corrected chi connectivity index (χ2v) is 7.10. The maximum Gasteiger partial charge on any atom is 0.325 e. The predicted octanol–water partition coefficient (Wildman–Crippen LogP) is 1.97. The van der Waals surface area contributed by atoms with E-state index >= 15 is 0 Å². The minimum absolute atomic E-state index is 0.184. The van der Waals surface area contributed by atoms with Gasteiger partial charge < -0.3 is 9.30 Å². The SMILES string of the molecule is COC(=O)C(C)(CC(C)Sc1nccn1C)NC1CC1. The number of hydrogen-bond acceptors (Lipinski definition) is 5. The van der Waals surface area contributed by atoms with Crippen LogP contribution >= 0.6 is 11.8 Å². The zero-order valence-electron chi connectivity index (χ0n) is 12.5. The molecular formula is C14H23N3O2S. The molecular weight excluding hydrogens is 274 g/mol. The van der Waals surface area contributed by atoms with E-state index in [0.29, 0.717) is 12.5 Å². The monoisotopic (exact) mass is 297 g/mol. The van der Waals surface area contributed by atoms with E-state index in [-0.39, 0.29) is 11.2 Å². The molecule has 0 aromatic carbocycles. The summed E-state index contributed by atoms with van der Waals surface area (Å²) >= 11 is 1.68. The molecule has 5 nitrogen and oxygen atoms in total. The number of imidazole rings is 1. The number of methoxy groups -OCH3 is 1. The fraction of sp³-hybridized carbons (Fsp3) is 0.714. The van der Waals surface area contributed by atoms with Crippen molar-refractivity contribution in [3.05, 3.63) is 12.4 Å². The van der Waals surface area contributed by atoms with Crippen LogP contribution in [0.1, 0.15) is 33.1 Å². The molecule has 1 aliphatic carbocycles. The van der Waals surface area contributed by atoms with E-state index in [4.69, 9.17) is 4.74 Å². The van der Waals surface area contributed by atoms with Crippen LogP contribution in [0.2, 0.25) is 0 Å². The molecule has 1 aromatic heterocycles. The van der Waals surface area contributed by atoms with Crippen molar-refractivity contribution in [2.45, 2.75) is 55.1 Å². The van der Waals surface area contributed by atoms with Crippen molar-refractivity contribution in [2.75, 3.05) is 7.11 Å². The number of thioether (sulfide) groups is 1. The van der Waals surface area contributed by atoms with Crippen molar-refractivity contribution in [2.24, 2.45) is 7.05 Å². The van der Waals surface area contributed by atoms with Crippen molar-refractivity contribution < 1.29 is 9.53 Å². The Hall–Kier alpha value is -1.01. The van der Waals surface area contributed by atoms with Gasteiger partial charge in [-0.05, 0) is 26.2 Å². The fourth-order valence-corrected chi connectivity index (χ4v) is 3.49. The van der Waals surface area contributed by atoms with E-state index in [1.807, 2.05) is 24.7 Å². The van der Waals surface area contributed by atoms with Crippen LogP contribution in [0.25, 0.3) is 0 Å². The Morgan fingerprint density at radius 1 is 1.70 bits per heavy atom. The summed E-state index contributed by atoms with van der Waals surface area (Å²) in [4.78, 5) is 16.4. The standard InChI is InChI=1S/C14H23N3O2S/c1-10(20-13-15-7-8-17(13)3)9-14(2,12(18)19-4)16-11-5-6-11/h7-8,10-11,16H,5-6,9H2,1-4H3. The molecule has 0 bridgehead atoms. The Morgan fingerprint density at radius 3 is 2.90 bits per heavy atom. The number of carbonyl (C=O) groups is 1. The molecule has 1 heterocycles. The average molecular weight is 297 g/mol. The lowest BCUT2D eigenvalue weighted by Crippen LogP contribution is -2.52. The number of aromatic nitrogens is 2. The highest BCUT2D eigenvalue weighted by Gasteiger charge is 2.40. The summed E-state index contributed by atoms with van der Waals surface area (Å²) in [6.07, 6.45) is 6.72. The van der Waals surface area contributed by atoms with Gasteiger partial charge >= 0.3 is 5.97 Å². The number of aryl methyl sites for hydroxylation is 1. The van der Waals surface area contributed by atoms with Gasteiger partial charge in [0.05, 0.1) is 7.11 Å². The van der Waals surface area contributed by atoms with Crippen LogP contribution in [0.3, 0.4) is 0 Å². The molecule has 0 amide bonds. The summed E-state index contributed by atoms with van der Waals surface area (Å²) in [5.41, 5.74) is -0.618. The zero-order chi connectivity index (χ0) is 14.8. The third kappa shape index (κ3) is 3.76. The van der Waals surface area contributed by atoms with Gasteiger partial charge in [-0.25, -0.2) is 4.98 Å². The summed E-state index contributed by atoms with van der Waals surface area (Å²) in [7, 11) is 3.43. The van der Waals surface area contributed by atoms with Crippen LogP contribution in [0.4, 0.5) is 0 Å². The highest BCUT2D eigenvalue weighted by molar-refractivity contribution is 7.99. The molecule has 20 heavy (non-hydrogen) atoms. The number of nitrogens with one attached hydrogen (secondary N) is 1. The second kappa shape index (κ2) is 6.18. The molecule has 6 heteroatoms. The van der Waals surface area contributed by atoms with Gasteiger partial charge in [-0.15, -0.1) is 0 Å². The van der Waals surface area contributed by atoms with E-state index in [2.05, 4.69) is 17.2 Å². The lowest BCUT2D eigenvalue weighted by Gasteiger charge is -2.30. The number of carbonyl (C=O) groups excluding carboxylic acids is 1. The molecule has 1 N–H and O–H groups in total. The van der Waals surface area contributed by atoms with Crippen molar-refractivity contribution in [1.82, 2.24) is 14.9 Å². The first-order valence-corrected chi connectivity index (χ1v) is 7.82. The van der Waals surface area contributed by atoms with Crippen LogP contribution in [-0.2, 0) is 16.6 Å². The molecule has 0 spiro atoms. The summed E-state index contributed by atoms with van der Waals surface area (Å²) < 4.78 is 6.96. The summed E-state index contributed by atoms with van der Waals surface area (Å²) in [6, 6.07) is 0.462. The van der Waals surface area contributed by atoms with Gasteiger partial charge in [-0.1, -0.05) is 18.7 Å². The maximum absolute atomic E-state index is 12.1. The van der Waals surface area contributed by atoms with E-state index in [1.54, 1.807) is 18.0 Å². The lowest BCUT2D eigenvalue weighted by atomic mass is 9.96. The van der Waals surface area contributed by atoms with Gasteiger partial charge in [0, 0.05) is 30.7 Å². The van der Waals surface area contributed by atoms with E-state index < -0.39 is 5.54 Å². The molecule has 2 atom stereocenters. The average Bonchev–Trinajstić information content (AvgIpc) is 3.11. The van der Waals surface area contributed by atoms with Crippen molar-refractivity contribution in [1.29, 1.82) is 0 Å². The summed E-state index contributed by atoms with van der Waals surface area (Å²) in [5.74, 6) is -0.184. The van der Waals surface area contributed by atoms with Gasteiger partial charge in [0.1, 0.15) is 5.54 Å². The van der Waals surface area contributed by atoms with Crippen LogP contribution in [0.15, 0.2) is 17.6 Å². The first kappa shape index (κ1) is 15.4. The Kier molecular flexibility index (Phi) is 4.75.